The zero-order valence-corrected chi connectivity index (χ0v) is 8.90. The molecule has 0 radical (unpaired) electrons. The van der Waals surface area contributed by atoms with Crippen molar-refractivity contribution < 1.29 is 0 Å². The van der Waals surface area contributed by atoms with Gasteiger partial charge in [-0.2, -0.15) is 5.10 Å². The van der Waals surface area contributed by atoms with Crippen LogP contribution in [0.25, 0.3) is 0 Å². The van der Waals surface area contributed by atoms with Gasteiger partial charge in [0.2, 0.25) is 0 Å². The lowest BCUT2D eigenvalue weighted by Gasteiger charge is -2.24. The zero-order chi connectivity index (χ0) is 10.1. The Kier molecular flexibility index (Phi) is 2.54. The Bertz CT molecular complexity index is 318. The summed E-state index contributed by atoms with van der Waals surface area (Å²) in [6.45, 7) is 5.30. The van der Waals surface area contributed by atoms with Gasteiger partial charge in [-0.15, -0.1) is 0 Å². The lowest BCUT2D eigenvalue weighted by molar-refractivity contribution is 0.323. The Balaban J connectivity index is 2.27. The van der Waals surface area contributed by atoms with Crippen LogP contribution < -0.4 is 5.73 Å². The van der Waals surface area contributed by atoms with E-state index in [0.29, 0.717) is 5.92 Å². The first-order valence-electron chi connectivity index (χ1n) is 5.41. The first-order chi connectivity index (χ1) is 6.72. The van der Waals surface area contributed by atoms with Gasteiger partial charge >= 0.3 is 0 Å². The highest BCUT2D eigenvalue weighted by Crippen LogP contribution is 2.26. The predicted molar refractivity (Wildman–Crippen MR) is 54.7 cm³/mol. The molecule has 1 aromatic rings. The number of rotatable bonds is 2. The molecule has 1 aromatic heterocycles. The third kappa shape index (κ3) is 1.54. The summed E-state index contributed by atoms with van der Waals surface area (Å²) in [5.41, 5.74) is 6.08. The molecule has 4 heteroatoms. The number of nitrogens with two attached hydrogens (primary N) is 1. The van der Waals surface area contributed by atoms with Crippen molar-refractivity contribution in [1.82, 2.24) is 14.8 Å². The van der Waals surface area contributed by atoms with E-state index < -0.39 is 0 Å². The molecule has 14 heavy (non-hydrogen) atoms. The smallest absolute Gasteiger partial charge is 0.151 e. The molecule has 0 aromatic carbocycles. The largest absolute Gasteiger partial charge is 0.321 e. The van der Waals surface area contributed by atoms with Gasteiger partial charge < -0.3 is 5.73 Å². The lowest BCUT2D eigenvalue weighted by Crippen LogP contribution is -2.29. The van der Waals surface area contributed by atoms with Crippen LogP contribution in [0.15, 0.2) is 0 Å². The van der Waals surface area contributed by atoms with Gasteiger partial charge in [0, 0.05) is 13.0 Å². The van der Waals surface area contributed by atoms with E-state index in [1.54, 1.807) is 0 Å². The summed E-state index contributed by atoms with van der Waals surface area (Å²) in [6, 6.07) is 0.0712. The van der Waals surface area contributed by atoms with Gasteiger partial charge in [0.05, 0.1) is 6.04 Å². The van der Waals surface area contributed by atoms with Crippen molar-refractivity contribution >= 4 is 0 Å². The first kappa shape index (κ1) is 9.65. The van der Waals surface area contributed by atoms with Crippen LogP contribution >= 0.6 is 0 Å². The summed E-state index contributed by atoms with van der Waals surface area (Å²) in [5, 5.41) is 4.45. The van der Waals surface area contributed by atoms with Gasteiger partial charge in [-0.3, -0.25) is 0 Å². The van der Waals surface area contributed by atoms with Gasteiger partial charge in [-0.1, -0.05) is 13.8 Å². The summed E-state index contributed by atoms with van der Waals surface area (Å²) in [5.74, 6) is 2.46. The number of fused-ring (bicyclic) bond motifs is 1. The summed E-state index contributed by atoms with van der Waals surface area (Å²) < 4.78 is 1.98. The standard InChI is InChI=1S/C10H18N4/c1-3-4-8-12-10-9(11)7(2)5-6-14(10)13-8/h7,9H,3-6,11H2,1-2H3. The number of aryl methyl sites for hydroxylation is 2. The van der Waals surface area contributed by atoms with Gasteiger partial charge in [-0.05, 0) is 18.8 Å². The molecule has 2 unspecified atom stereocenters. The van der Waals surface area contributed by atoms with Gasteiger partial charge in [0.25, 0.3) is 0 Å². The number of hydrogen-bond acceptors (Lipinski definition) is 3. The average molecular weight is 194 g/mol. The molecule has 4 nitrogen and oxygen atoms in total. The molecule has 2 atom stereocenters. The molecule has 0 saturated heterocycles. The Labute approximate surface area is 84.5 Å². The minimum Gasteiger partial charge on any atom is -0.321 e. The topological polar surface area (TPSA) is 56.7 Å². The second kappa shape index (κ2) is 3.69. The fourth-order valence-electron chi connectivity index (χ4n) is 1.90. The Hall–Kier alpha value is -0.900. The van der Waals surface area contributed by atoms with Crippen molar-refractivity contribution in [3.63, 3.8) is 0 Å². The lowest BCUT2D eigenvalue weighted by atomic mass is 9.96. The molecule has 2 N–H and O–H groups in total. The summed E-state index contributed by atoms with van der Waals surface area (Å²) in [4.78, 5) is 4.50. The Morgan fingerprint density at radius 2 is 2.36 bits per heavy atom. The van der Waals surface area contributed by atoms with Crippen LogP contribution in [-0.4, -0.2) is 14.8 Å². The van der Waals surface area contributed by atoms with Crippen molar-refractivity contribution in [2.45, 2.75) is 45.7 Å². The monoisotopic (exact) mass is 194 g/mol. The second-order valence-electron chi connectivity index (χ2n) is 4.15. The third-order valence-electron chi connectivity index (χ3n) is 2.93. The van der Waals surface area contributed by atoms with Crippen LogP contribution in [0.3, 0.4) is 0 Å². The molecule has 2 rings (SSSR count). The molecular formula is C10H18N4. The predicted octanol–water partition coefficient (Wildman–Crippen LogP) is 1.27. The van der Waals surface area contributed by atoms with Crippen molar-refractivity contribution in [2.75, 3.05) is 0 Å². The highest BCUT2D eigenvalue weighted by molar-refractivity contribution is 5.02. The van der Waals surface area contributed by atoms with Crippen molar-refractivity contribution in [3.8, 4) is 0 Å². The third-order valence-corrected chi connectivity index (χ3v) is 2.93. The quantitative estimate of drug-likeness (QED) is 0.771. The van der Waals surface area contributed by atoms with Crippen LogP contribution in [0.4, 0.5) is 0 Å². The van der Waals surface area contributed by atoms with E-state index in [1.165, 1.54) is 0 Å². The van der Waals surface area contributed by atoms with E-state index in [2.05, 4.69) is 23.9 Å². The molecule has 0 spiro atoms. The van der Waals surface area contributed by atoms with E-state index in [1.807, 2.05) is 4.68 Å². The van der Waals surface area contributed by atoms with E-state index in [0.717, 1.165) is 37.5 Å². The molecule has 0 bridgehead atoms. The maximum Gasteiger partial charge on any atom is 0.151 e. The zero-order valence-electron chi connectivity index (χ0n) is 8.90. The number of hydrogen-bond donors (Lipinski definition) is 1. The van der Waals surface area contributed by atoms with E-state index >= 15 is 0 Å². The molecule has 0 fully saturated rings. The van der Waals surface area contributed by atoms with Crippen molar-refractivity contribution in [2.24, 2.45) is 11.7 Å². The fraction of sp³-hybridized carbons (Fsp3) is 0.800. The highest BCUT2D eigenvalue weighted by atomic mass is 15.4. The normalized spacial score (nSPS) is 26.2. The van der Waals surface area contributed by atoms with Crippen molar-refractivity contribution in [1.29, 1.82) is 0 Å². The van der Waals surface area contributed by atoms with Crippen LogP contribution in [0.1, 0.15) is 44.4 Å². The fourth-order valence-corrected chi connectivity index (χ4v) is 1.90. The molecular weight excluding hydrogens is 176 g/mol. The maximum absolute atomic E-state index is 6.08. The molecule has 0 saturated carbocycles. The van der Waals surface area contributed by atoms with Crippen LogP contribution in [0, 0.1) is 5.92 Å². The Morgan fingerprint density at radius 1 is 1.57 bits per heavy atom. The maximum atomic E-state index is 6.08. The SMILES string of the molecule is CCCc1nc2n(n1)CCC(C)C2N. The second-order valence-corrected chi connectivity index (χ2v) is 4.15. The van der Waals surface area contributed by atoms with E-state index in [4.69, 9.17) is 5.73 Å². The molecule has 2 heterocycles. The van der Waals surface area contributed by atoms with Crippen LogP contribution in [0.2, 0.25) is 0 Å². The summed E-state index contributed by atoms with van der Waals surface area (Å²) in [7, 11) is 0. The average Bonchev–Trinajstić information content (AvgIpc) is 2.56. The number of nitrogens with zero attached hydrogens (tertiary/aromatic N) is 3. The number of aromatic nitrogens is 3. The highest BCUT2D eigenvalue weighted by Gasteiger charge is 2.26. The summed E-state index contributed by atoms with van der Waals surface area (Å²) >= 11 is 0. The van der Waals surface area contributed by atoms with E-state index in [-0.39, 0.29) is 6.04 Å². The molecule has 1 aliphatic heterocycles. The van der Waals surface area contributed by atoms with Gasteiger partial charge in [-0.25, -0.2) is 9.67 Å². The van der Waals surface area contributed by atoms with Crippen LogP contribution in [-0.2, 0) is 13.0 Å². The molecule has 0 amide bonds. The first-order valence-corrected chi connectivity index (χ1v) is 5.41. The molecule has 1 aliphatic rings. The van der Waals surface area contributed by atoms with Gasteiger partial charge in [0.1, 0.15) is 5.82 Å². The van der Waals surface area contributed by atoms with Crippen LogP contribution in [0.5, 0.6) is 0 Å². The molecule has 78 valence electrons. The Morgan fingerprint density at radius 3 is 3.07 bits per heavy atom. The minimum atomic E-state index is 0.0712. The summed E-state index contributed by atoms with van der Waals surface area (Å²) in [6.07, 6.45) is 3.17. The minimum absolute atomic E-state index is 0.0712. The van der Waals surface area contributed by atoms with E-state index in [9.17, 15) is 0 Å². The molecule has 0 aliphatic carbocycles. The van der Waals surface area contributed by atoms with Crippen molar-refractivity contribution in [3.05, 3.63) is 11.6 Å². The van der Waals surface area contributed by atoms with Gasteiger partial charge in [0.15, 0.2) is 5.82 Å².